The van der Waals surface area contributed by atoms with Gasteiger partial charge in [0.25, 0.3) is 0 Å². The largest absolute Gasteiger partial charge is 0.184 e. The van der Waals surface area contributed by atoms with Crippen LogP contribution >= 0.6 is 11.8 Å². The van der Waals surface area contributed by atoms with Gasteiger partial charge in [-0.15, -0.1) is 0 Å². The highest BCUT2D eigenvalue weighted by Gasteiger charge is 2.75. The normalized spacial score (nSPS) is 34.3. The fourth-order valence-electron chi connectivity index (χ4n) is 3.65. The summed E-state index contributed by atoms with van der Waals surface area (Å²) in [4.78, 5) is -1.02. The monoisotopic (exact) mass is 308 g/mol. The van der Waals surface area contributed by atoms with Crippen LogP contribution in [0.1, 0.15) is 55.4 Å². The Morgan fingerprint density at radius 1 is 0.429 bits per heavy atom. The maximum Gasteiger partial charge on any atom is 0.182 e. The van der Waals surface area contributed by atoms with E-state index in [1.807, 2.05) is 0 Å². The molecule has 3 aliphatic heterocycles. The highest BCUT2D eigenvalue weighted by Crippen LogP contribution is 2.68. The molecule has 0 amide bonds. The number of rotatable bonds is 0. The average molecular weight is 308 g/mol. The Balaban J connectivity index is 2.14. The van der Waals surface area contributed by atoms with Crippen molar-refractivity contribution in [2.45, 2.75) is 87.3 Å². The van der Waals surface area contributed by atoms with Gasteiger partial charge in [-0.05, 0) is 55.4 Å². The lowest BCUT2D eigenvalue weighted by molar-refractivity contribution is 0.306. The molecule has 0 saturated heterocycles. The maximum absolute atomic E-state index is 4.78. The molecule has 2 spiro atoms. The van der Waals surface area contributed by atoms with Crippen LogP contribution in [0, 0.1) is 0 Å². The van der Waals surface area contributed by atoms with Gasteiger partial charge in [-0.25, -0.2) is 0 Å². The highest BCUT2D eigenvalue weighted by molar-refractivity contribution is 8.02. The Kier molecular flexibility index (Phi) is 2.55. The second-order valence-electron chi connectivity index (χ2n) is 8.23. The molecule has 0 radical (unpaired) electrons. The second-order valence-corrected chi connectivity index (χ2v) is 9.61. The van der Waals surface area contributed by atoms with Gasteiger partial charge in [-0.2, -0.15) is 30.7 Å². The van der Waals surface area contributed by atoms with E-state index in [4.69, 9.17) is 10.2 Å². The van der Waals surface area contributed by atoms with Crippen LogP contribution in [0.3, 0.4) is 0 Å². The molecule has 0 saturated carbocycles. The molecule has 3 heterocycles. The number of azo groups is 3. The number of hydrogen-bond acceptors (Lipinski definition) is 7. The van der Waals surface area contributed by atoms with Crippen molar-refractivity contribution in [3.05, 3.63) is 0 Å². The lowest BCUT2D eigenvalue weighted by Gasteiger charge is -2.44. The standard InChI is InChI=1S/C14H24N6S/c1-9(2)13(10(3,4)16-15-9)19-20-14(21-13)11(5,6)17-18-12(14,7)8/h1-8H3. The van der Waals surface area contributed by atoms with Gasteiger partial charge in [0.2, 0.25) is 0 Å². The Morgan fingerprint density at radius 3 is 0.905 bits per heavy atom. The van der Waals surface area contributed by atoms with Crippen LogP contribution in [0.5, 0.6) is 0 Å². The first kappa shape index (κ1) is 15.1. The van der Waals surface area contributed by atoms with E-state index in [0.29, 0.717) is 0 Å². The summed E-state index contributed by atoms with van der Waals surface area (Å²) in [5, 5.41) is 27.5. The topological polar surface area (TPSA) is 74.2 Å². The second kappa shape index (κ2) is 3.55. The fourth-order valence-corrected chi connectivity index (χ4v) is 5.41. The molecule has 0 bridgehead atoms. The minimum atomic E-state index is -0.510. The van der Waals surface area contributed by atoms with E-state index in [9.17, 15) is 0 Å². The Bertz CT molecular complexity index is 498. The summed E-state index contributed by atoms with van der Waals surface area (Å²) in [5.41, 5.74) is -1.60. The Hall–Kier alpha value is -0.850. The highest BCUT2D eigenvalue weighted by atomic mass is 32.2. The first-order valence-electron chi connectivity index (χ1n) is 7.35. The maximum atomic E-state index is 4.78. The number of hydrogen-bond donors (Lipinski definition) is 0. The van der Waals surface area contributed by atoms with Gasteiger partial charge in [-0.1, -0.05) is 11.8 Å². The molecule has 0 aromatic rings. The zero-order valence-electron chi connectivity index (χ0n) is 14.1. The molecule has 3 rings (SSSR count). The van der Waals surface area contributed by atoms with Crippen LogP contribution in [0.2, 0.25) is 0 Å². The van der Waals surface area contributed by atoms with Crippen molar-refractivity contribution in [3.8, 4) is 0 Å². The lowest BCUT2D eigenvalue weighted by Crippen LogP contribution is -2.58. The summed E-state index contributed by atoms with van der Waals surface area (Å²) in [7, 11) is 0. The van der Waals surface area contributed by atoms with E-state index < -0.39 is 31.9 Å². The smallest absolute Gasteiger partial charge is 0.182 e. The molecule has 0 atom stereocenters. The van der Waals surface area contributed by atoms with E-state index in [1.54, 1.807) is 11.8 Å². The third-order valence-corrected chi connectivity index (χ3v) is 7.80. The van der Waals surface area contributed by atoms with Crippen LogP contribution in [0.25, 0.3) is 0 Å². The molecular weight excluding hydrogens is 284 g/mol. The predicted octanol–water partition coefficient (Wildman–Crippen LogP) is 4.62. The van der Waals surface area contributed by atoms with Crippen molar-refractivity contribution < 1.29 is 0 Å². The first-order chi connectivity index (χ1) is 9.33. The van der Waals surface area contributed by atoms with Gasteiger partial charge in [0.1, 0.15) is 22.2 Å². The van der Waals surface area contributed by atoms with E-state index >= 15 is 0 Å². The zero-order chi connectivity index (χ0) is 15.9. The molecule has 0 aromatic heterocycles. The van der Waals surface area contributed by atoms with Crippen LogP contribution in [-0.2, 0) is 0 Å². The van der Waals surface area contributed by atoms with Crippen molar-refractivity contribution in [1.82, 2.24) is 0 Å². The minimum Gasteiger partial charge on any atom is -0.184 e. The summed E-state index contributed by atoms with van der Waals surface area (Å²) in [6.45, 7) is 16.7. The zero-order valence-corrected chi connectivity index (χ0v) is 14.9. The third-order valence-electron chi connectivity index (χ3n) is 5.04. The average Bonchev–Trinajstić information content (AvgIpc) is 2.90. The van der Waals surface area contributed by atoms with Crippen molar-refractivity contribution in [3.63, 3.8) is 0 Å². The molecular formula is C14H24N6S. The fraction of sp³-hybridized carbons (Fsp3) is 1.00. The minimum absolute atomic E-state index is 0.400. The van der Waals surface area contributed by atoms with Gasteiger partial charge < -0.3 is 0 Å². The van der Waals surface area contributed by atoms with E-state index in [1.165, 1.54) is 0 Å². The Morgan fingerprint density at radius 2 is 0.667 bits per heavy atom. The van der Waals surface area contributed by atoms with Gasteiger partial charge in [-0.3, -0.25) is 0 Å². The third kappa shape index (κ3) is 1.46. The molecule has 0 aromatic carbocycles. The van der Waals surface area contributed by atoms with Gasteiger partial charge >= 0.3 is 0 Å². The summed E-state index contributed by atoms with van der Waals surface area (Å²) < 4.78 is 0. The molecule has 0 aliphatic carbocycles. The first-order valence-corrected chi connectivity index (χ1v) is 8.17. The van der Waals surface area contributed by atoms with Gasteiger partial charge in [0.05, 0.1) is 0 Å². The van der Waals surface area contributed by atoms with Crippen molar-refractivity contribution >= 4 is 11.8 Å². The lowest BCUT2D eigenvalue weighted by atomic mass is 9.83. The van der Waals surface area contributed by atoms with Crippen molar-refractivity contribution in [1.29, 1.82) is 0 Å². The van der Waals surface area contributed by atoms with E-state index in [2.05, 4.69) is 75.8 Å². The molecule has 0 unspecified atom stereocenters. The van der Waals surface area contributed by atoms with Crippen LogP contribution in [-0.4, -0.2) is 31.9 Å². The van der Waals surface area contributed by atoms with E-state index in [-0.39, 0.29) is 0 Å². The summed E-state index contributed by atoms with van der Waals surface area (Å²) >= 11 is 1.75. The van der Waals surface area contributed by atoms with Crippen LogP contribution in [0.4, 0.5) is 0 Å². The van der Waals surface area contributed by atoms with Crippen LogP contribution in [0.15, 0.2) is 30.7 Å². The molecule has 6 nitrogen and oxygen atoms in total. The summed E-state index contributed by atoms with van der Waals surface area (Å²) in [6.07, 6.45) is 0. The van der Waals surface area contributed by atoms with Crippen molar-refractivity contribution in [2.24, 2.45) is 30.7 Å². The number of nitrogens with zero attached hydrogens (tertiary/aromatic N) is 6. The number of thioether (sulfide) groups is 1. The van der Waals surface area contributed by atoms with E-state index in [0.717, 1.165) is 0 Å². The van der Waals surface area contributed by atoms with Crippen LogP contribution < -0.4 is 0 Å². The molecule has 3 aliphatic rings. The molecule has 21 heavy (non-hydrogen) atoms. The van der Waals surface area contributed by atoms with Gasteiger partial charge in [0, 0.05) is 0 Å². The molecule has 0 N–H and O–H groups in total. The molecule has 116 valence electrons. The predicted molar refractivity (Wildman–Crippen MR) is 83.9 cm³/mol. The molecule has 7 heteroatoms. The quantitative estimate of drug-likeness (QED) is 0.643. The van der Waals surface area contributed by atoms with Gasteiger partial charge in [0.15, 0.2) is 9.74 Å². The summed E-state index contributed by atoms with van der Waals surface area (Å²) in [5.74, 6) is 0. The Labute approximate surface area is 130 Å². The summed E-state index contributed by atoms with van der Waals surface area (Å²) in [6, 6.07) is 0. The SMILES string of the molecule is CC1(C)N=NC(C)(C)C12N=NC1(S2)C(C)(C)N=NC1(C)C. The molecule has 0 fully saturated rings. The van der Waals surface area contributed by atoms with Crippen molar-refractivity contribution in [2.75, 3.05) is 0 Å².